The third-order valence-electron chi connectivity index (χ3n) is 4.21. The van der Waals surface area contributed by atoms with Crippen molar-refractivity contribution in [3.05, 3.63) is 64.8 Å². The van der Waals surface area contributed by atoms with Gasteiger partial charge in [-0.15, -0.1) is 4.83 Å². The van der Waals surface area contributed by atoms with E-state index in [0.717, 1.165) is 5.52 Å². The number of amides is 1. The topological polar surface area (TPSA) is 126 Å². The molecule has 4 aromatic rings. The van der Waals surface area contributed by atoms with Crippen LogP contribution in [0.2, 0.25) is 0 Å². The number of benzene rings is 2. The van der Waals surface area contributed by atoms with E-state index in [1.54, 1.807) is 18.2 Å². The first-order valence-corrected chi connectivity index (χ1v) is 9.33. The van der Waals surface area contributed by atoms with Crippen molar-refractivity contribution in [2.45, 2.75) is 4.90 Å². The van der Waals surface area contributed by atoms with Crippen LogP contribution in [0.3, 0.4) is 0 Å². The number of fused-ring (bicyclic) bond motifs is 2. The molecule has 9 nitrogen and oxygen atoms in total. The van der Waals surface area contributed by atoms with Crippen molar-refractivity contribution in [3.8, 4) is 0 Å². The number of rotatable bonds is 4. The Bertz CT molecular complexity index is 1350. The highest BCUT2D eigenvalue weighted by Crippen LogP contribution is 2.19. The summed E-state index contributed by atoms with van der Waals surface area (Å²) in [6.45, 7) is 0. The monoisotopic (exact) mass is 386 g/mol. The Morgan fingerprint density at radius 3 is 2.78 bits per heavy atom. The molecule has 138 valence electrons. The number of aromatic nitrogens is 2. The van der Waals surface area contributed by atoms with Crippen LogP contribution >= 0.6 is 0 Å². The number of oxazole rings is 1. The molecule has 0 aliphatic rings. The molecule has 0 saturated carbocycles. The van der Waals surface area contributed by atoms with E-state index < -0.39 is 21.7 Å². The van der Waals surface area contributed by atoms with Crippen LogP contribution in [0.5, 0.6) is 0 Å². The SMILES string of the molecule is Cn1c(=O)oc2cc(S(=O)(=O)NNC(=O)c3c[nH]c4ccccc34)ccc21. The lowest BCUT2D eigenvalue weighted by molar-refractivity contribution is 0.0947. The summed E-state index contributed by atoms with van der Waals surface area (Å²) in [5.41, 5.74) is 3.84. The fourth-order valence-electron chi connectivity index (χ4n) is 2.78. The van der Waals surface area contributed by atoms with Gasteiger partial charge >= 0.3 is 5.76 Å². The molecule has 0 aliphatic carbocycles. The quantitative estimate of drug-likeness (QED) is 0.455. The lowest BCUT2D eigenvalue weighted by Crippen LogP contribution is -2.41. The first-order valence-electron chi connectivity index (χ1n) is 7.85. The maximum absolute atomic E-state index is 12.4. The number of H-pyrrole nitrogens is 1. The summed E-state index contributed by atoms with van der Waals surface area (Å²) < 4.78 is 31.1. The zero-order chi connectivity index (χ0) is 19.2. The first-order chi connectivity index (χ1) is 12.9. The molecule has 0 atom stereocenters. The highest BCUT2D eigenvalue weighted by Gasteiger charge is 2.19. The predicted molar refractivity (Wildman–Crippen MR) is 97.5 cm³/mol. The number of hydrogen-bond donors (Lipinski definition) is 3. The fourth-order valence-corrected chi connectivity index (χ4v) is 3.63. The number of nitrogens with zero attached hydrogens (tertiary/aromatic N) is 1. The first kappa shape index (κ1) is 17.1. The minimum absolute atomic E-state index is 0.133. The van der Waals surface area contributed by atoms with Gasteiger partial charge in [0.2, 0.25) is 0 Å². The Hall–Kier alpha value is -3.37. The van der Waals surface area contributed by atoms with Crippen molar-refractivity contribution >= 4 is 37.9 Å². The summed E-state index contributed by atoms with van der Waals surface area (Å²) in [7, 11) is -2.54. The maximum atomic E-state index is 12.4. The second-order valence-corrected chi connectivity index (χ2v) is 7.55. The van der Waals surface area contributed by atoms with Gasteiger partial charge in [-0.25, -0.2) is 13.2 Å². The molecule has 0 saturated heterocycles. The molecule has 4 rings (SSSR count). The number of carbonyl (C=O) groups excluding carboxylic acids is 1. The Labute approximate surface area is 152 Å². The van der Waals surface area contributed by atoms with Gasteiger partial charge in [-0.2, -0.15) is 0 Å². The van der Waals surface area contributed by atoms with Crippen LogP contribution in [0.25, 0.3) is 22.0 Å². The summed E-state index contributed by atoms with van der Waals surface area (Å²) in [5, 5.41) is 0.668. The van der Waals surface area contributed by atoms with E-state index in [1.165, 1.54) is 36.0 Å². The fraction of sp³-hybridized carbons (Fsp3) is 0.0588. The van der Waals surface area contributed by atoms with Gasteiger partial charge in [0.25, 0.3) is 15.9 Å². The molecule has 0 bridgehead atoms. The molecule has 0 spiro atoms. The third-order valence-corrected chi connectivity index (χ3v) is 5.45. The second-order valence-electron chi connectivity index (χ2n) is 5.86. The number of nitrogens with one attached hydrogen (secondary N) is 3. The van der Waals surface area contributed by atoms with Gasteiger partial charge in [0.1, 0.15) is 0 Å². The van der Waals surface area contributed by atoms with Crippen molar-refractivity contribution in [2.24, 2.45) is 7.05 Å². The van der Waals surface area contributed by atoms with Gasteiger partial charge < -0.3 is 9.40 Å². The highest BCUT2D eigenvalue weighted by atomic mass is 32.2. The molecular formula is C17H14N4O5S. The number of hydrazine groups is 1. The average Bonchev–Trinajstić information content (AvgIpc) is 3.21. The van der Waals surface area contributed by atoms with Gasteiger partial charge in [0.15, 0.2) is 5.58 Å². The molecule has 0 radical (unpaired) electrons. The lowest BCUT2D eigenvalue weighted by atomic mass is 10.2. The van der Waals surface area contributed by atoms with Crippen molar-refractivity contribution in [1.82, 2.24) is 19.8 Å². The van der Waals surface area contributed by atoms with Gasteiger partial charge in [0, 0.05) is 30.2 Å². The Balaban J connectivity index is 1.58. The number of hydrogen-bond acceptors (Lipinski definition) is 5. The van der Waals surface area contributed by atoms with E-state index in [9.17, 15) is 18.0 Å². The molecule has 2 heterocycles. The molecule has 0 unspecified atom stereocenters. The molecule has 1 amide bonds. The van der Waals surface area contributed by atoms with Crippen LogP contribution in [0.15, 0.2) is 62.8 Å². The molecule has 2 aromatic carbocycles. The zero-order valence-electron chi connectivity index (χ0n) is 14.0. The summed E-state index contributed by atoms with van der Waals surface area (Å²) in [6.07, 6.45) is 1.50. The molecule has 3 N–H and O–H groups in total. The van der Waals surface area contributed by atoms with Crippen LogP contribution in [-0.2, 0) is 17.1 Å². The number of carbonyl (C=O) groups is 1. The smallest absolute Gasteiger partial charge is 0.408 e. The van der Waals surface area contributed by atoms with Crippen LogP contribution < -0.4 is 16.0 Å². The maximum Gasteiger partial charge on any atom is 0.419 e. The molecule has 10 heteroatoms. The van der Waals surface area contributed by atoms with Crippen LogP contribution in [-0.4, -0.2) is 23.9 Å². The molecule has 0 aliphatic heterocycles. The van der Waals surface area contributed by atoms with E-state index in [0.29, 0.717) is 16.5 Å². The van der Waals surface area contributed by atoms with E-state index in [-0.39, 0.29) is 10.5 Å². The number of aromatic amines is 1. The van der Waals surface area contributed by atoms with Crippen LogP contribution in [0.1, 0.15) is 10.4 Å². The Morgan fingerprint density at radius 1 is 1.19 bits per heavy atom. The van der Waals surface area contributed by atoms with Gasteiger partial charge in [-0.3, -0.25) is 14.8 Å². The minimum atomic E-state index is -4.06. The lowest BCUT2D eigenvalue weighted by Gasteiger charge is -2.08. The van der Waals surface area contributed by atoms with E-state index in [4.69, 9.17) is 4.42 Å². The normalized spacial score (nSPS) is 11.9. The summed E-state index contributed by atoms with van der Waals surface area (Å²) in [6, 6.07) is 11.1. The second kappa shape index (κ2) is 6.11. The third kappa shape index (κ3) is 2.90. The van der Waals surface area contributed by atoms with Crippen LogP contribution in [0.4, 0.5) is 0 Å². The van der Waals surface area contributed by atoms with Crippen molar-refractivity contribution in [2.75, 3.05) is 0 Å². The highest BCUT2D eigenvalue weighted by molar-refractivity contribution is 7.89. The summed E-state index contributed by atoms with van der Waals surface area (Å²) >= 11 is 0. The number of aryl methyl sites for hydroxylation is 1. The summed E-state index contributed by atoms with van der Waals surface area (Å²) in [4.78, 5) is 28.7. The molecule has 27 heavy (non-hydrogen) atoms. The molecule has 0 fully saturated rings. The largest absolute Gasteiger partial charge is 0.419 e. The van der Waals surface area contributed by atoms with E-state index in [2.05, 4.69) is 10.4 Å². The van der Waals surface area contributed by atoms with Crippen LogP contribution in [0, 0.1) is 0 Å². The van der Waals surface area contributed by atoms with Crippen molar-refractivity contribution < 1.29 is 17.6 Å². The van der Waals surface area contributed by atoms with Gasteiger partial charge in [-0.1, -0.05) is 18.2 Å². The molecule has 2 aromatic heterocycles. The van der Waals surface area contributed by atoms with E-state index in [1.807, 2.05) is 10.9 Å². The Morgan fingerprint density at radius 2 is 1.96 bits per heavy atom. The van der Waals surface area contributed by atoms with Crippen molar-refractivity contribution in [3.63, 3.8) is 0 Å². The average molecular weight is 386 g/mol. The van der Waals surface area contributed by atoms with Crippen molar-refractivity contribution in [1.29, 1.82) is 0 Å². The number of para-hydroxylation sites is 1. The zero-order valence-corrected chi connectivity index (χ0v) is 14.8. The standard InChI is InChI=1S/C17H14N4O5S/c1-21-14-7-6-10(8-15(14)26-17(21)23)27(24,25)20-19-16(22)12-9-18-13-5-3-2-4-11(12)13/h2-9,18,20H,1H3,(H,19,22). The van der Waals surface area contributed by atoms with Gasteiger partial charge in [0.05, 0.1) is 16.0 Å². The predicted octanol–water partition coefficient (Wildman–Crippen LogP) is 1.24. The molecular weight excluding hydrogens is 372 g/mol. The van der Waals surface area contributed by atoms with E-state index >= 15 is 0 Å². The number of sulfonamides is 1. The van der Waals surface area contributed by atoms with Gasteiger partial charge in [-0.05, 0) is 18.2 Å². The minimum Gasteiger partial charge on any atom is -0.408 e. The summed E-state index contributed by atoms with van der Waals surface area (Å²) in [5.74, 6) is -1.21. The Kier molecular flexibility index (Phi) is 3.86.